The summed E-state index contributed by atoms with van der Waals surface area (Å²) < 4.78 is 3.56. The monoisotopic (exact) mass is 419 g/mol. The number of nitrogens with zero attached hydrogens (tertiary/aromatic N) is 4. The first-order valence-corrected chi connectivity index (χ1v) is 10.1. The van der Waals surface area contributed by atoms with Crippen molar-refractivity contribution in [3.05, 3.63) is 94.9 Å². The minimum Gasteiger partial charge on any atom is -0.305 e. The van der Waals surface area contributed by atoms with E-state index in [4.69, 9.17) is 11.6 Å². The Hall–Kier alpha value is -3.38. The molecule has 2 aromatic heterocycles. The predicted molar refractivity (Wildman–Crippen MR) is 118 cm³/mol. The van der Waals surface area contributed by atoms with E-state index in [1.54, 1.807) is 21.6 Å². The van der Waals surface area contributed by atoms with Gasteiger partial charge in [0.25, 0.3) is 5.91 Å². The molecule has 152 valence electrons. The lowest BCUT2D eigenvalue weighted by Gasteiger charge is -2.13. The Balaban J connectivity index is 1.55. The molecule has 0 saturated heterocycles. The number of amides is 1. The van der Waals surface area contributed by atoms with E-state index in [0.717, 1.165) is 16.9 Å². The fourth-order valence-electron chi connectivity index (χ4n) is 3.37. The Morgan fingerprint density at radius 2 is 1.90 bits per heavy atom. The van der Waals surface area contributed by atoms with Crippen LogP contribution in [0.25, 0.3) is 5.69 Å². The number of carbonyl (C=O) groups is 1. The van der Waals surface area contributed by atoms with Gasteiger partial charge in [-0.25, -0.2) is 4.68 Å². The lowest BCUT2D eigenvalue weighted by atomic mass is 10.1. The average Bonchev–Trinajstić information content (AvgIpc) is 3.36. The van der Waals surface area contributed by atoms with Crippen molar-refractivity contribution in [2.75, 3.05) is 5.32 Å². The normalized spacial score (nSPS) is 11.1. The van der Waals surface area contributed by atoms with Gasteiger partial charge in [-0.05, 0) is 29.7 Å². The van der Waals surface area contributed by atoms with Crippen LogP contribution in [0.4, 0.5) is 5.82 Å². The van der Waals surface area contributed by atoms with Crippen LogP contribution < -0.4 is 5.32 Å². The molecule has 0 radical (unpaired) electrons. The molecule has 0 spiro atoms. The summed E-state index contributed by atoms with van der Waals surface area (Å²) in [6, 6.07) is 19.2. The van der Waals surface area contributed by atoms with E-state index in [1.807, 2.05) is 74.6 Å². The quantitative estimate of drug-likeness (QED) is 0.470. The highest BCUT2D eigenvalue weighted by Gasteiger charge is 2.21. The molecule has 0 fully saturated rings. The molecular formula is C23H22ClN5O. The van der Waals surface area contributed by atoms with E-state index < -0.39 is 0 Å². The molecule has 0 aliphatic carbocycles. The summed E-state index contributed by atoms with van der Waals surface area (Å²) in [6.07, 6.45) is 3.44. The van der Waals surface area contributed by atoms with E-state index in [-0.39, 0.29) is 11.8 Å². The topological polar surface area (TPSA) is 64.7 Å². The SMILES string of the molecule is CC(C)c1c(C(=O)Nc2ccn(Cc3ccccc3)n2)cnn1-c1cccc(Cl)c1. The lowest BCUT2D eigenvalue weighted by Crippen LogP contribution is -2.16. The summed E-state index contributed by atoms with van der Waals surface area (Å²) in [4.78, 5) is 13.0. The van der Waals surface area contributed by atoms with Crippen LogP contribution in [-0.4, -0.2) is 25.5 Å². The largest absolute Gasteiger partial charge is 0.305 e. The number of anilines is 1. The molecule has 7 heteroatoms. The van der Waals surface area contributed by atoms with Gasteiger partial charge in [-0.2, -0.15) is 10.2 Å². The highest BCUT2D eigenvalue weighted by Crippen LogP contribution is 2.25. The molecule has 2 aromatic carbocycles. The Morgan fingerprint density at radius 1 is 1.10 bits per heavy atom. The van der Waals surface area contributed by atoms with Crippen LogP contribution >= 0.6 is 11.6 Å². The zero-order valence-corrected chi connectivity index (χ0v) is 17.5. The van der Waals surface area contributed by atoms with Crippen LogP contribution in [0.5, 0.6) is 0 Å². The number of carbonyl (C=O) groups excluding carboxylic acids is 1. The van der Waals surface area contributed by atoms with Crippen LogP contribution in [0.1, 0.15) is 41.4 Å². The number of benzene rings is 2. The van der Waals surface area contributed by atoms with Crippen molar-refractivity contribution in [2.24, 2.45) is 0 Å². The Morgan fingerprint density at radius 3 is 2.63 bits per heavy atom. The maximum Gasteiger partial charge on any atom is 0.260 e. The van der Waals surface area contributed by atoms with E-state index in [9.17, 15) is 4.79 Å². The van der Waals surface area contributed by atoms with E-state index in [1.165, 1.54) is 0 Å². The minimum atomic E-state index is -0.239. The second kappa shape index (κ2) is 8.55. The third-order valence-electron chi connectivity index (χ3n) is 4.72. The number of hydrogen-bond donors (Lipinski definition) is 1. The van der Waals surface area contributed by atoms with Crippen molar-refractivity contribution in [3.8, 4) is 5.69 Å². The highest BCUT2D eigenvalue weighted by molar-refractivity contribution is 6.30. The molecule has 0 aliphatic heterocycles. The molecule has 1 amide bonds. The van der Waals surface area contributed by atoms with Crippen molar-refractivity contribution in [1.29, 1.82) is 0 Å². The first-order valence-electron chi connectivity index (χ1n) is 9.74. The summed E-state index contributed by atoms with van der Waals surface area (Å²) in [5.74, 6) is 0.348. The zero-order chi connectivity index (χ0) is 21.1. The number of nitrogens with one attached hydrogen (secondary N) is 1. The van der Waals surface area contributed by atoms with Crippen molar-refractivity contribution in [2.45, 2.75) is 26.3 Å². The molecule has 0 unspecified atom stereocenters. The van der Waals surface area contributed by atoms with Crippen molar-refractivity contribution < 1.29 is 4.79 Å². The van der Waals surface area contributed by atoms with Gasteiger partial charge >= 0.3 is 0 Å². The Labute approximate surface area is 180 Å². The molecule has 6 nitrogen and oxygen atoms in total. The second-order valence-electron chi connectivity index (χ2n) is 7.33. The summed E-state index contributed by atoms with van der Waals surface area (Å²) in [5, 5.41) is 12.4. The summed E-state index contributed by atoms with van der Waals surface area (Å²) in [7, 11) is 0. The highest BCUT2D eigenvalue weighted by atomic mass is 35.5. The number of hydrogen-bond acceptors (Lipinski definition) is 3. The molecule has 0 aliphatic rings. The summed E-state index contributed by atoms with van der Waals surface area (Å²) in [6.45, 7) is 4.70. The third kappa shape index (κ3) is 4.28. The fourth-order valence-corrected chi connectivity index (χ4v) is 3.56. The van der Waals surface area contributed by atoms with Crippen LogP contribution in [0.2, 0.25) is 5.02 Å². The van der Waals surface area contributed by atoms with Crippen LogP contribution in [0.3, 0.4) is 0 Å². The van der Waals surface area contributed by atoms with Crippen molar-refractivity contribution >= 4 is 23.3 Å². The first-order chi connectivity index (χ1) is 14.5. The van der Waals surface area contributed by atoms with Gasteiger partial charge in [0.1, 0.15) is 0 Å². The van der Waals surface area contributed by atoms with Crippen molar-refractivity contribution in [3.63, 3.8) is 0 Å². The fraction of sp³-hybridized carbons (Fsp3) is 0.174. The van der Waals surface area contributed by atoms with Gasteiger partial charge in [0, 0.05) is 17.3 Å². The Bertz CT molecular complexity index is 1160. The van der Waals surface area contributed by atoms with Crippen LogP contribution in [0, 0.1) is 0 Å². The first kappa shape index (κ1) is 19.9. The smallest absolute Gasteiger partial charge is 0.260 e. The maximum atomic E-state index is 13.0. The van der Waals surface area contributed by atoms with Gasteiger partial charge in [-0.3, -0.25) is 9.48 Å². The third-order valence-corrected chi connectivity index (χ3v) is 4.96. The van der Waals surface area contributed by atoms with Gasteiger partial charge in [0.2, 0.25) is 0 Å². The number of rotatable bonds is 6. The van der Waals surface area contributed by atoms with E-state index in [0.29, 0.717) is 22.9 Å². The van der Waals surface area contributed by atoms with Crippen LogP contribution in [0.15, 0.2) is 73.1 Å². The van der Waals surface area contributed by atoms with Crippen molar-refractivity contribution in [1.82, 2.24) is 19.6 Å². The standard InChI is InChI=1S/C23H22ClN5O/c1-16(2)22-20(14-25-29(22)19-10-6-9-18(24)13-19)23(30)26-21-11-12-28(27-21)15-17-7-4-3-5-8-17/h3-14,16H,15H2,1-2H3,(H,26,27,30). The summed E-state index contributed by atoms with van der Waals surface area (Å²) in [5.41, 5.74) is 3.29. The Kier molecular flexibility index (Phi) is 5.68. The number of halogens is 1. The number of aromatic nitrogens is 4. The molecule has 2 heterocycles. The average molecular weight is 420 g/mol. The minimum absolute atomic E-state index is 0.0860. The summed E-state index contributed by atoms with van der Waals surface area (Å²) >= 11 is 6.13. The lowest BCUT2D eigenvalue weighted by molar-refractivity contribution is 0.102. The second-order valence-corrected chi connectivity index (χ2v) is 7.76. The van der Waals surface area contributed by atoms with Gasteiger partial charge in [-0.15, -0.1) is 0 Å². The predicted octanol–water partition coefficient (Wildman–Crippen LogP) is 5.15. The van der Waals surface area contributed by atoms with Gasteiger partial charge in [-0.1, -0.05) is 61.8 Å². The van der Waals surface area contributed by atoms with Gasteiger partial charge in [0.15, 0.2) is 5.82 Å². The molecule has 4 aromatic rings. The maximum absolute atomic E-state index is 13.0. The molecule has 1 N–H and O–H groups in total. The molecule has 0 saturated carbocycles. The van der Waals surface area contributed by atoms with E-state index in [2.05, 4.69) is 15.5 Å². The van der Waals surface area contributed by atoms with Crippen LogP contribution in [-0.2, 0) is 6.54 Å². The molecule has 4 rings (SSSR count). The molecular weight excluding hydrogens is 398 g/mol. The van der Waals surface area contributed by atoms with E-state index >= 15 is 0 Å². The van der Waals surface area contributed by atoms with Gasteiger partial charge < -0.3 is 5.32 Å². The molecule has 30 heavy (non-hydrogen) atoms. The molecule has 0 bridgehead atoms. The molecule has 0 atom stereocenters. The van der Waals surface area contributed by atoms with Gasteiger partial charge in [0.05, 0.1) is 29.7 Å². The zero-order valence-electron chi connectivity index (χ0n) is 16.8.